The Morgan fingerprint density at radius 3 is 2.43 bits per heavy atom. The maximum absolute atomic E-state index is 12.2. The van der Waals surface area contributed by atoms with Gasteiger partial charge in [-0.05, 0) is 42.0 Å². The van der Waals surface area contributed by atoms with Crippen LogP contribution in [0.4, 0.5) is 11.5 Å². The second-order valence-electron chi connectivity index (χ2n) is 6.14. The molecule has 1 heterocycles. The summed E-state index contributed by atoms with van der Waals surface area (Å²) < 4.78 is 10.4. The smallest absolute Gasteiger partial charge is 0.234 e. The van der Waals surface area contributed by atoms with Crippen LogP contribution in [0.2, 0.25) is 5.02 Å². The van der Waals surface area contributed by atoms with Crippen LogP contribution in [0, 0.1) is 0 Å². The summed E-state index contributed by atoms with van der Waals surface area (Å²) >= 11 is 7.19. The molecular weight excluding hydrogens is 424 g/mol. The number of hydrogen-bond donors (Lipinski definition) is 2. The minimum absolute atomic E-state index is 0.154. The van der Waals surface area contributed by atoms with E-state index < -0.39 is 0 Å². The van der Waals surface area contributed by atoms with E-state index >= 15 is 0 Å². The molecule has 0 unspecified atom stereocenters. The second kappa shape index (κ2) is 10.7. The number of halogens is 1. The molecule has 0 saturated carbocycles. The normalized spacial score (nSPS) is 10.4. The molecule has 2 N–H and O–H groups in total. The largest absolute Gasteiger partial charge is 0.493 e. The predicted molar refractivity (Wildman–Crippen MR) is 120 cm³/mol. The van der Waals surface area contributed by atoms with Crippen LogP contribution >= 0.6 is 23.4 Å². The highest BCUT2D eigenvalue weighted by Gasteiger charge is 2.09. The van der Waals surface area contributed by atoms with Crippen molar-refractivity contribution in [1.29, 1.82) is 0 Å². The highest BCUT2D eigenvalue weighted by Crippen LogP contribution is 2.29. The van der Waals surface area contributed by atoms with Crippen LogP contribution in [-0.2, 0) is 11.3 Å². The number of anilines is 2. The third-order valence-corrected chi connectivity index (χ3v) is 5.22. The van der Waals surface area contributed by atoms with E-state index in [1.165, 1.54) is 11.8 Å². The fraction of sp³-hybridized carbons (Fsp3) is 0.190. The van der Waals surface area contributed by atoms with Gasteiger partial charge in [0.05, 0.1) is 20.0 Å². The number of benzene rings is 2. The van der Waals surface area contributed by atoms with E-state index in [1.54, 1.807) is 32.4 Å². The molecule has 7 nitrogen and oxygen atoms in total. The number of hydrogen-bond acceptors (Lipinski definition) is 7. The molecule has 1 aromatic heterocycles. The molecule has 3 aromatic rings. The van der Waals surface area contributed by atoms with E-state index in [0.29, 0.717) is 39.6 Å². The Bertz CT molecular complexity index is 985. The van der Waals surface area contributed by atoms with Crippen LogP contribution in [-0.4, -0.2) is 36.1 Å². The van der Waals surface area contributed by atoms with Gasteiger partial charge in [-0.15, -0.1) is 10.2 Å². The number of rotatable bonds is 9. The molecule has 0 aliphatic heterocycles. The van der Waals surface area contributed by atoms with E-state index in [2.05, 4.69) is 20.8 Å². The summed E-state index contributed by atoms with van der Waals surface area (Å²) in [5.41, 5.74) is 1.72. The maximum Gasteiger partial charge on any atom is 0.234 e. The lowest BCUT2D eigenvalue weighted by molar-refractivity contribution is -0.113. The Kier molecular flexibility index (Phi) is 7.75. The van der Waals surface area contributed by atoms with Gasteiger partial charge in [0, 0.05) is 23.3 Å². The standard InChI is InChI=1S/C21H21ClN4O3S/c1-28-17-8-7-16(11-18(17)29-2)24-20(27)13-30-21-10-9-19(25-26-21)23-12-14-3-5-15(22)6-4-14/h3-11H,12-13H2,1-2H3,(H,23,25)(H,24,27). The topological polar surface area (TPSA) is 85.4 Å². The average Bonchev–Trinajstić information content (AvgIpc) is 2.78. The highest BCUT2D eigenvalue weighted by molar-refractivity contribution is 7.99. The van der Waals surface area contributed by atoms with Gasteiger partial charge in [0.25, 0.3) is 0 Å². The molecule has 0 radical (unpaired) electrons. The van der Waals surface area contributed by atoms with Gasteiger partial charge in [0.1, 0.15) is 10.8 Å². The maximum atomic E-state index is 12.2. The number of ether oxygens (including phenoxy) is 2. The van der Waals surface area contributed by atoms with E-state index in [4.69, 9.17) is 21.1 Å². The van der Waals surface area contributed by atoms with Gasteiger partial charge < -0.3 is 20.1 Å². The van der Waals surface area contributed by atoms with Crippen molar-refractivity contribution in [3.8, 4) is 11.5 Å². The lowest BCUT2D eigenvalue weighted by Gasteiger charge is -2.10. The van der Waals surface area contributed by atoms with Gasteiger partial charge in [0.15, 0.2) is 11.5 Å². The minimum atomic E-state index is -0.154. The number of amides is 1. The zero-order chi connectivity index (χ0) is 21.3. The lowest BCUT2D eigenvalue weighted by atomic mass is 10.2. The van der Waals surface area contributed by atoms with Gasteiger partial charge in [-0.2, -0.15) is 0 Å². The molecule has 0 bridgehead atoms. The van der Waals surface area contributed by atoms with Gasteiger partial charge in [-0.3, -0.25) is 4.79 Å². The zero-order valence-corrected chi connectivity index (χ0v) is 18.1. The summed E-state index contributed by atoms with van der Waals surface area (Å²) in [6.45, 7) is 0.617. The first-order chi connectivity index (χ1) is 14.6. The molecule has 0 saturated heterocycles. The molecular formula is C21H21ClN4O3S. The monoisotopic (exact) mass is 444 g/mol. The zero-order valence-electron chi connectivity index (χ0n) is 16.5. The van der Waals surface area contributed by atoms with Crippen molar-refractivity contribution in [3.63, 3.8) is 0 Å². The first-order valence-corrected chi connectivity index (χ1v) is 10.4. The van der Waals surface area contributed by atoms with Gasteiger partial charge in [-0.25, -0.2) is 0 Å². The Hall–Kier alpha value is -2.97. The van der Waals surface area contributed by atoms with Crippen molar-refractivity contribution < 1.29 is 14.3 Å². The van der Waals surface area contributed by atoms with E-state index in [-0.39, 0.29) is 11.7 Å². The predicted octanol–water partition coefficient (Wildman–Crippen LogP) is 4.49. The van der Waals surface area contributed by atoms with Crippen LogP contribution < -0.4 is 20.1 Å². The Labute approximate surface area is 184 Å². The van der Waals surface area contributed by atoms with Crippen molar-refractivity contribution in [2.45, 2.75) is 11.6 Å². The van der Waals surface area contributed by atoms with Crippen LogP contribution in [0.15, 0.2) is 59.6 Å². The summed E-state index contributed by atoms with van der Waals surface area (Å²) in [6, 6.07) is 16.4. The number of thioether (sulfide) groups is 1. The molecule has 0 fully saturated rings. The molecule has 30 heavy (non-hydrogen) atoms. The van der Waals surface area contributed by atoms with Crippen LogP contribution in [0.1, 0.15) is 5.56 Å². The average molecular weight is 445 g/mol. The molecule has 1 amide bonds. The molecule has 9 heteroatoms. The number of aromatic nitrogens is 2. The number of carbonyl (C=O) groups excluding carboxylic acids is 1. The fourth-order valence-corrected chi connectivity index (χ4v) is 3.28. The summed E-state index contributed by atoms with van der Waals surface area (Å²) in [7, 11) is 3.11. The lowest BCUT2D eigenvalue weighted by Crippen LogP contribution is -2.14. The number of methoxy groups -OCH3 is 2. The number of carbonyl (C=O) groups is 1. The first-order valence-electron chi connectivity index (χ1n) is 9.04. The molecule has 0 aliphatic carbocycles. The molecule has 3 rings (SSSR count). The summed E-state index contributed by atoms with van der Waals surface area (Å²) in [4.78, 5) is 12.2. The van der Waals surface area contributed by atoms with E-state index in [9.17, 15) is 4.79 Å². The quantitative estimate of drug-likeness (QED) is 0.470. The molecule has 0 atom stereocenters. The van der Waals surface area contributed by atoms with Crippen molar-refractivity contribution in [2.75, 3.05) is 30.6 Å². The van der Waals surface area contributed by atoms with Crippen molar-refractivity contribution in [3.05, 3.63) is 65.2 Å². The molecule has 0 spiro atoms. The van der Waals surface area contributed by atoms with E-state index in [1.807, 2.05) is 36.4 Å². The Morgan fingerprint density at radius 2 is 1.77 bits per heavy atom. The van der Waals surface area contributed by atoms with Crippen molar-refractivity contribution in [1.82, 2.24) is 10.2 Å². The Balaban J connectivity index is 1.47. The fourth-order valence-electron chi connectivity index (χ4n) is 2.54. The second-order valence-corrected chi connectivity index (χ2v) is 7.58. The Morgan fingerprint density at radius 1 is 1.00 bits per heavy atom. The summed E-state index contributed by atoms with van der Waals surface area (Å²) in [5.74, 6) is 1.86. The van der Waals surface area contributed by atoms with Gasteiger partial charge in [0.2, 0.25) is 5.91 Å². The summed E-state index contributed by atoms with van der Waals surface area (Å²) in [5, 5.41) is 15.7. The molecule has 2 aromatic carbocycles. The van der Waals surface area contributed by atoms with Crippen LogP contribution in [0.3, 0.4) is 0 Å². The first kappa shape index (κ1) is 21.7. The molecule has 0 aliphatic rings. The van der Waals surface area contributed by atoms with Crippen molar-refractivity contribution >= 4 is 40.8 Å². The minimum Gasteiger partial charge on any atom is -0.493 e. The van der Waals surface area contributed by atoms with E-state index in [0.717, 1.165) is 5.56 Å². The summed E-state index contributed by atoms with van der Waals surface area (Å²) in [6.07, 6.45) is 0. The molecule has 156 valence electrons. The van der Waals surface area contributed by atoms with Gasteiger partial charge >= 0.3 is 0 Å². The van der Waals surface area contributed by atoms with Crippen LogP contribution in [0.25, 0.3) is 0 Å². The van der Waals surface area contributed by atoms with Gasteiger partial charge in [-0.1, -0.05) is 35.5 Å². The number of nitrogens with one attached hydrogen (secondary N) is 2. The van der Waals surface area contributed by atoms with Crippen molar-refractivity contribution in [2.24, 2.45) is 0 Å². The number of nitrogens with zero attached hydrogens (tertiary/aromatic N) is 2. The third-order valence-electron chi connectivity index (χ3n) is 4.05. The third kappa shape index (κ3) is 6.27. The highest BCUT2D eigenvalue weighted by atomic mass is 35.5. The van der Waals surface area contributed by atoms with Crippen LogP contribution in [0.5, 0.6) is 11.5 Å². The SMILES string of the molecule is COc1ccc(NC(=O)CSc2ccc(NCc3ccc(Cl)cc3)nn2)cc1OC.